The molecule has 0 aromatic carbocycles. The van der Waals surface area contributed by atoms with Crippen LogP contribution in [0.2, 0.25) is 0 Å². The van der Waals surface area contributed by atoms with Crippen LogP contribution in [-0.4, -0.2) is 49.7 Å². The standard InChI is InChI=1S/C16H30N2O2/c1-4-18(12-14-8-6-10-20-14)15(19)16(2,3)13-7-5-9-17-11-13/h13-14,17H,4-12H2,1-3H3. The molecule has 4 heteroatoms. The molecule has 0 spiro atoms. The Morgan fingerprint density at radius 2 is 2.15 bits per heavy atom. The van der Waals surface area contributed by atoms with Gasteiger partial charge in [-0.3, -0.25) is 4.79 Å². The Bertz CT molecular complexity index is 318. The van der Waals surface area contributed by atoms with Crippen molar-refractivity contribution < 1.29 is 9.53 Å². The van der Waals surface area contributed by atoms with Gasteiger partial charge in [-0.15, -0.1) is 0 Å². The summed E-state index contributed by atoms with van der Waals surface area (Å²) in [6, 6.07) is 0. The lowest BCUT2D eigenvalue weighted by atomic mass is 9.74. The maximum Gasteiger partial charge on any atom is 0.228 e. The van der Waals surface area contributed by atoms with Crippen molar-refractivity contribution in [1.82, 2.24) is 10.2 Å². The summed E-state index contributed by atoms with van der Waals surface area (Å²) in [4.78, 5) is 14.9. The summed E-state index contributed by atoms with van der Waals surface area (Å²) in [6.45, 7) is 10.8. The summed E-state index contributed by atoms with van der Waals surface area (Å²) in [6.07, 6.45) is 4.81. The molecule has 0 aliphatic carbocycles. The number of nitrogens with one attached hydrogen (secondary N) is 1. The fraction of sp³-hybridized carbons (Fsp3) is 0.938. The molecule has 0 radical (unpaired) electrons. The van der Waals surface area contributed by atoms with Crippen LogP contribution < -0.4 is 5.32 Å². The lowest BCUT2D eigenvalue weighted by molar-refractivity contribution is -0.145. The monoisotopic (exact) mass is 282 g/mol. The zero-order valence-electron chi connectivity index (χ0n) is 13.3. The van der Waals surface area contributed by atoms with E-state index < -0.39 is 0 Å². The smallest absolute Gasteiger partial charge is 0.228 e. The average Bonchev–Trinajstić information content (AvgIpc) is 2.98. The summed E-state index contributed by atoms with van der Waals surface area (Å²) in [5.41, 5.74) is -0.276. The molecule has 2 rings (SSSR count). The molecule has 1 amide bonds. The van der Waals surface area contributed by atoms with Gasteiger partial charge in [0.2, 0.25) is 5.91 Å². The zero-order valence-corrected chi connectivity index (χ0v) is 13.3. The highest BCUT2D eigenvalue weighted by molar-refractivity contribution is 5.82. The average molecular weight is 282 g/mol. The van der Waals surface area contributed by atoms with Gasteiger partial charge in [0.1, 0.15) is 0 Å². The minimum Gasteiger partial charge on any atom is -0.376 e. The first kappa shape index (κ1) is 15.8. The number of amides is 1. The van der Waals surface area contributed by atoms with Crippen LogP contribution in [0, 0.1) is 11.3 Å². The molecule has 2 aliphatic rings. The Kier molecular flexibility index (Phi) is 5.44. The molecule has 20 heavy (non-hydrogen) atoms. The van der Waals surface area contributed by atoms with E-state index in [0.29, 0.717) is 11.8 Å². The molecular formula is C16H30N2O2. The van der Waals surface area contributed by atoms with Crippen LogP contribution in [0.5, 0.6) is 0 Å². The van der Waals surface area contributed by atoms with Crippen LogP contribution in [0.15, 0.2) is 0 Å². The normalized spacial score (nSPS) is 27.6. The second-order valence-corrected chi connectivity index (χ2v) is 6.74. The predicted molar refractivity (Wildman–Crippen MR) is 80.6 cm³/mol. The summed E-state index contributed by atoms with van der Waals surface area (Å²) < 4.78 is 5.69. The summed E-state index contributed by atoms with van der Waals surface area (Å²) in [7, 11) is 0. The van der Waals surface area contributed by atoms with Gasteiger partial charge >= 0.3 is 0 Å². The second kappa shape index (κ2) is 6.90. The third kappa shape index (κ3) is 3.53. The molecule has 0 aromatic rings. The van der Waals surface area contributed by atoms with E-state index in [0.717, 1.165) is 52.0 Å². The van der Waals surface area contributed by atoms with Crippen molar-refractivity contribution in [2.75, 3.05) is 32.8 Å². The Balaban J connectivity index is 1.97. The Morgan fingerprint density at radius 3 is 2.70 bits per heavy atom. The highest BCUT2D eigenvalue weighted by Crippen LogP contribution is 2.34. The number of rotatable bonds is 5. The number of hydrogen-bond acceptors (Lipinski definition) is 3. The zero-order chi connectivity index (χ0) is 14.6. The number of hydrogen-bond donors (Lipinski definition) is 1. The quantitative estimate of drug-likeness (QED) is 0.839. The van der Waals surface area contributed by atoms with Crippen LogP contribution in [0.3, 0.4) is 0 Å². The highest BCUT2D eigenvalue weighted by atomic mass is 16.5. The Labute approximate surface area is 123 Å². The van der Waals surface area contributed by atoms with Gasteiger partial charge < -0.3 is 15.0 Å². The van der Waals surface area contributed by atoms with Crippen LogP contribution in [0.25, 0.3) is 0 Å². The van der Waals surface area contributed by atoms with Gasteiger partial charge in [-0.2, -0.15) is 0 Å². The first-order valence-electron chi connectivity index (χ1n) is 8.17. The fourth-order valence-corrected chi connectivity index (χ4v) is 3.44. The van der Waals surface area contributed by atoms with E-state index in [9.17, 15) is 4.79 Å². The van der Waals surface area contributed by atoms with Crippen molar-refractivity contribution in [2.45, 2.75) is 52.6 Å². The van der Waals surface area contributed by atoms with Gasteiger partial charge in [0.15, 0.2) is 0 Å². The third-order valence-electron chi connectivity index (χ3n) is 4.99. The molecule has 2 fully saturated rings. The first-order chi connectivity index (χ1) is 9.55. The Hall–Kier alpha value is -0.610. The van der Waals surface area contributed by atoms with Crippen molar-refractivity contribution in [3.8, 4) is 0 Å². The maximum absolute atomic E-state index is 12.9. The molecule has 0 bridgehead atoms. The predicted octanol–water partition coefficient (Wildman–Crippen LogP) is 2.04. The van der Waals surface area contributed by atoms with Gasteiger partial charge in [-0.25, -0.2) is 0 Å². The highest BCUT2D eigenvalue weighted by Gasteiger charge is 2.40. The number of carbonyl (C=O) groups is 1. The summed E-state index contributed by atoms with van der Waals surface area (Å²) in [5.74, 6) is 0.742. The minimum atomic E-state index is -0.276. The molecule has 2 atom stereocenters. The van der Waals surface area contributed by atoms with E-state index in [-0.39, 0.29) is 11.5 Å². The van der Waals surface area contributed by atoms with E-state index in [2.05, 4.69) is 26.1 Å². The van der Waals surface area contributed by atoms with Crippen LogP contribution in [-0.2, 0) is 9.53 Å². The van der Waals surface area contributed by atoms with Crippen molar-refractivity contribution in [1.29, 1.82) is 0 Å². The van der Waals surface area contributed by atoms with E-state index >= 15 is 0 Å². The minimum absolute atomic E-state index is 0.249. The van der Waals surface area contributed by atoms with E-state index in [1.54, 1.807) is 0 Å². The molecule has 4 nitrogen and oxygen atoms in total. The molecule has 2 heterocycles. The van der Waals surface area contributed by atoms with E-state index in [1.807, 2.05) is 4.90 Å². The van der Waals surface area contributed by atoms with Gasteiger partial charge in [-0.05, 0) is 51.6 Å². The fourth-order valence-electron chi connectivity index (χ4n) is 3.44. The first-order valence-corrected chi connectivity index (χ1v) is 8.17. The molecule has 2 aliphatic heterocycles. The summed E-state index contributed by atoms with van der Waals surface area (Å²) in [5, 5.41) is 3.43. The number of likely N-dealkylation sites (N-methyl/N-ethyl adjacent to an activating group) is 1. The molecule has 2 saturated heterocycles. The second-order valence-electron chi connectivity index (χ2n) is 6.74. The number of ether oxygens (including phenoxy) is 1. The van der Waals surface area contributed by atoms with Crippen molar-refractivity contribution in [3.63, 3.8) is 0 Å². The summed E-state index contributed by atoms with van der Waals surface area (Å²) >= 11 is 0. The number of piperidine rings is 1. The van der Waals surface area contributed by atoms with Crippen LogP contribution in [0.1, 0.15) is 46.5 Å². The SMILES string of the molecule is CCN(CC1CCCO1)C(=O)C(C)(C)C1CCCNC1. The maximum atomic E-state index is 12.9. The van der Waals surface area contributed by atoms with Crippen molar-refractivity contribution in [3.05, 3.63) is 0 Å². The van der Waals surface area contributed by atoms with Crippen molar-refractivity contribution in [2.24, 2.45) is 11.3 Å². The molecule has 2 unspecified atom stereocenters. The lowest BCUT2D eigenvalue weighted by Crippen LogP contribution is -2.50. The lowest BCUT2D eigenvalue weighted by Gasteiger charge is -2.39. The molecule has 0 saturated carbocycles. The van der Waals surface area contributed by atoms with E-state index in [1.165, 1.54) is 6.42 Å². The van der Waals surface area contributed by atoms with Crippen LogP contribution >= 0.6 is 0 Å². The van der Waals surface area contributed by atoms with Gasteiger partial charge in [0.05, 0.1) is 6.10 Å². The molecular weight excluding hydrogens is 252 g/mol. The van der Waals surface area contributed by atoms with Crippen molar-refractivity contribution >= 4 is 5.91 Å². The van der Waals surface area contributed by atoms with Gasteiger partial charge in [0.25, 0.3) is 0 Å². The van der Waals surface area contributed by atoms with Crippen LogP contribution in [0.4, 0.5) is 0 Å². The number of nitrogens with zero attached hydrogens (tertiary/aromatic N) is 1. The molecule has 116 valence electrons. The van der Waals surface area contributed by atoms with E-state index in [4.69, 9.17) is 4.74 Å². The molecule has 1 N–H and O–H groups in total. The topological polar surface area (TPSA) is 41.6 Å². The Morgan fingerprint density at radius 1 is 1.35 bits per heavy atom. The number of carbonyl (C=O) groups excluding carboxylic acids is 1. The third-order valence-corrected chi connectivity index (χ3v) is 4.99. The molecule has 0 aromatic heterocycles. The largest absolute Gasteiger partial charge is 0.376 e. The van der Waals surface area contributed by atoms with Gasteiger partial charge in [-0.1, -0.05) is 13.8 Å². The van der Waals surface area contributed by atoms with Gasteiger partial charge in [0, 0.05) is 25.1 Å².